The van der Waals surface area contributed by atoms with E-state index in [1.54, 1.807) is 0 Å². The summed E-state index contributed by atoms with van der Waals surface area (Å²) >= 11 is 0. The van der Waals surface area contributed by atoms with E-state index in [1.807, 2.05) is 26.0 Å². The minimum atomic E-state index is 0.247. The van der Waals surface area contributed by atoms with E-state index in [0.29, 0.717) is 11.8 Å². The van der Waals surface area contributed by atoms with E-state index >= 15 is 0 Å². The van der Waals surface area contributed by atoms with Crippen LogP contribution in [-0.4, -0.2) is 10.2 Å². The molecule has 0 unspecified atom stereocenters. The lowest BCUT2D eigenvalue weighted by Crippen LogP contribution is -1.97. The molecule has 5 heteroatoms. The van der Waals surface area contributed by atoms with Gasteiger partial charge < -0.3 is 14.9 Å². The number of hydrogen-bond acceptors (Lipinski definition) is 5. The zero-order valence-corrected chi connectivity index (χ0v) is 9.93. The van der Waals surface area contributed by atoms with Crippen LogP contribution in [0.4, 0.5) is 0 Å². The lowest BCUT2D eigenvalue weighted by Gasteiger charge is -2.07. The van der Waals surface area contributed by atoms with Gasteiger partial charge in [0, 0.05) is 0 Å². The highest BCUT2D eigenvalue weighted by molar-refractivity contribution is 5.35. The van der Waals surface area contributed by atoms with Crippen LogP contribution in [0.25, 0.3) is 0 Å². The molecule has 1 aromatic heterocycles. The summed E-state index contributed by atoms with van der Waals surface area (Å²) < 4.78 is 10.8. The molecule has 0 radical (unpaired) electrons. The Morgan fingerprint density at radius 3 is 2.65 bits per heavy atom. The molecule has 0 bridgehead atoms. The van der Waals surface area contributed by atoms with Crippen LogP contribution in [-0.2, 0) is 13.2 Å². The molecule has 2 rings (SSSR count). The Morgan fingerprint density at radius 2 is 2.00 bits per heavy atom. The molecule has 5 nitrogen and oxygen atoms in total. The van der Waals surface area contributed by atoms with Crippen molar-refractivity contribution in [1.29, 1.82) is 0 Å². The van der Waals surface area contributed by atoms with Gasteiger partial charge >= 0.3 is 0 Å². The van der Waals surface area contributed by atoms with Gasteiger partial charge in [-0.3, -0.25) is 0 Å². The largest absolute Gasteiger partial charge is 0.484 e. The summed E-state index contributed by atoms with van der Waals surface area (Å²) in [4.78, 5) is 0. The summed E-state index contributed by atoms with van der Waals surface area (Å²) in [6.45, 7) is 4.55. The summed E-state index contributed by atoms with van der Waals surface area (Å²) in [5.41, 5.74) is 7.67. The summed E-state index contributed by atoms with van der Waals surface area (Å²) in [6.07, 6.45) is 0. The fraction of sp³-hybridized carbons (Fsp3) is 0.333. The number of hydrogen-bond donors (Lipinski definition) is 1. The normalized spacial score (nSPS) is 10.5. The maximum atomic E-state index is 5.60. The van der Waals surface area contributed by atoms with Gasteiger partial charge in [-0.2, -0.15) is 0 Å². The van der Waals surface area contributed by atoms with Gasteiger partial charge in [0.15, 0.2) is 6.61 Å². The third-order valence-corrected chi connectivity index (χ3v) is 2.36. The molecule has 0 aliphatic rings. The minimum Gasteiger partial charge on any atom is -0.484 e. The molecule has 90 valence electrons. The summed E-state index contributed by atoms with van der Waals surface area (Å²) in [5, 5.41) is 7.59. The first-order valence-corrected chi connectivity index (χ1v) is 5.40. The molecule has 0 fully saturated rings. The Hall–Kier alpha value is -1.88. The van der Waals surface area contributed by atoms with E-state index in [4.69, 9.17) is 14.9 Å². The first-order chi connectivity index (χ1) is 8.19. The maximum Gasteiger partial charge on any atom is 0.253 e. The third-order valence-electron chi connectivity index (χ3n) is 2.36. The molecule has 0 saturated heterocycles. The number of nitrogens with two attached hydrogens (primary N) is 1. The highest BCUT2D eigenvalue weighted by Gasteiger charge is 2.06. The van der Waals surface area contributed by atoms with Gasteiger partial charge in [-0.25, -0.2) is 0 Å². The predicted octanol–water partition coefficient (Wildman–Crippen LogP) is 1.72. The number of aromatic nitrogens is 2. The second-order valence-electron chi connectivity index (χ2n) is 3.85. The number of nitrogens with zero attached hydrogens (tertiary/aromatic N) is 2. The van der Waals surface area contributed by atoms with Crippen molar-refractivity contribution in [1.82, 2.24) is 10.2 Å². The van der Waals surface area contributed by atoms with E-state index in [-0.39, 0.29) is 13.2 Å². The standard InChI is InChI=1S/C12H15N3O2/c1-8-3-4-10(9(2)5-8)16-7-12-15-14-11(6-13)17-12/h3-5H,6-7,13H2,1-2H3. The van der Waals surface area contributed by atoms with E-state index < -0.39 is 0 Å². The molecule has 0 spiro atoms. The Morgan fingerprint density at radius 1 is 1.24 bits per heavy atom. The van der Waals surface area contributed by atoms with Crippen molar-refractivity contribution < 1.29 is 9.15 Å². The molecule has 17 heavy (non-hydrogen) atoms. The second-order valence-corrected chi connectivity index (χ2v) is 3.85. The van der Waals surface area contributed by atoms with Crippen LogP contribution in [0.5, 0.6) is 5.75 Å². The van der Waals surface area contributed by atoms with Gasteiger partial charge in [-0.15, -0.1) is 10.2 Å². The van der Waals surface area contributed by atoms with Gasteiger partial charge in [-0.1, -0.05) is 17.7 Å². The second kappa shape index (κ2) is 4.97. The average Bonchev–Trinajstić information content (AvgIpc) is 2.76. The van der Waals surface area contributed by atoms with Gasteiger partial charge in [0.25, 0.3) is 5.89 Å². The highest BCUT2D eigenvalue weighted by Crippen LogP contribution is 2.19. The SMILES string of the molecule is Cc1ccc(OCc2nnc(CN)o2)c(C)c1. The van der Waals surface area contributed by atoms with Crippen LogP contribution in [0, 0.1) is 13.8 Å². The predicted molar refractivity (Wildman–Crippen MR) is 62.4 cm³/mol. The molecular weight excluding hydrogens is 218 g/mol. The molecule has 1 aromatic carbocycles. The molecule has 0 aliphatic carbocycles. The number of aryl methyl sites for hydroxylation is 2. The summed E-state index contributed by atoms with van der Waals surface area (Å²) in [6, 6.07) is 6.00. The Kier molecular flexibility index (Phi) is 3.39. The maximum absolute atomic E-state index is 5.60. The fourth-order valence-electron chi connectivity index (χ4n) is 1.53. The van der Waals surface area contributed by atoms with Crippen LogP contribution in [0.1, 0.15) is 22.9 Å². The van der Waals surface area contributed by atoms with Gasteiger partial charge in [0.2, 0.25) is 5.89 Å². The number of benzene rings is 1. The van der Waals surface area contributed by atoms with Crippen molar-refractivity contribution in [2.75, 3.05) is 0 Å². The van der Waals surface area contributed by atoms with Crippen molar-refractivity contribution in [3.63, 3.8) is 0 Å². The van der Waals surface area contributed by atoms with E-state index in [9.17, 15) is 0 Å². The lowest BCUT2D eigenvalue weighted by molar-refractivity contribution is 0.257. The molecule has 1 heterocycles. The minimum absolute atomic E-state index is 0.247. The van der Waals surface area contributed by atoms with Crippen LogP contribution in [0.3, 0.4) is 0 Å². The highest BCUT2D eigenvalue weighted by atomic mass is 16.5. The zero-order valence-electron chi connectivity index (χ0n) is 9.93. The van der Waals surface area contributed by atoms with Gasteiger partial charge in [0.1, 0.15) is 5.75 Å². The first-order valence-electron chi connectivity index (χ1n) is 5.40. The van der Waals surface area contributed by atoms with Crippen molar-refractivity contribution in [2.45, 2.75) is 27.0 Å². The van der Waals surface area contributed by atoms with Crippen molar-refractivity contribution in [3.8, 4) is 5.75 Å². The van der Waals surface area contributed by atoms with Crippen molar-refractivity contribution in [2.24, 2.45) is 5.73 Å². The quantitative estimate of drug-likeness (QED) is 0.870. The smallest absolute Gasteiger partial charge is 0.253 e. The van der Waals surface area contributed by atoms with Crippen molar-refractivity contribution >= 4 is 0 Å². The van der Waals surface area contributed by atoms with Gasteiger partial charge in [0.05, 0.1) is 6.54 Å². The first kappa shape index (κ1) is 11.6. The molecule has 2 aromatic rings. The summed E-state index contributed by atoms with van der Waals surface area (Å²) in [7, 11) is 0. The van der Waals surface area contributed by atoms with Crippen LogP contribution in [0.15, 0.2) is 22.6 Å². The summed E-state index contributed by atoms with van der Waals surface area (Å²) in [5.74, 6) is 1.68. The zero-order chi connectivity index (χ0) is 12.3. The molecule has 0 saturated carbocycles. The molecule has 2 N–H and O–H groups in total. The molecular formula is C12H15N3O2. The van der Waals surface area contributed by atoms with Gasteiger partial charge in [-0.05, 0) is 25.5 Å². The van der Waals surface area contributed by atoms with Crippen LogP contribution in [0.2, 0.25) is 0 Å². The van der Waals surface area contributed by atoms with E-state index in [1.165, 1.54) is 5.56 Å². The Balaban J connectivity index is 2.02. The number of ether oxygens (including phenoxy) is 1. The topological polar surface area (TPSA) is 74.2 Å². The van der Waals surface area contributed by atoms with Crippen LogP contribution >= 0.6 is 0 Å². The lowest BCUT2D eigenvalue weighted by atomic mass is 10.1. The third kappa shape index (κ3) is 2.82. The fourth-order valence-corrected chi connectivity index (χ4v) is 1.53. The number of rotatable bonds is 4. The van der Waals surface area contributed by atoms with E-state index in [0.717, 1.165) is 11.3 Å². The Bertz CT molecular complexity index is 508. The monoisotopic (exact) mass is 233 g/mol. The molecule has 0 amide bonds. The van der Waals surface area contributed by atoms with E-state index in [2.05, 4.69) is 16.3 Å². The molecule has 0 aliphatic heterocycles. The Labute approximate surface area is 99.6 Å². The van der Waals surface area contributed by atoms with Crippen molar-refractivity contribution in [3.05, 3.63) is 41.1 Å². The average molecular weight is 233 g/mol. The van der Waals surface area contributed by atoms with Crippen LogP contribution < -0.4 is 10.5 Å². The molecule has 0 atom stereocenters.